The minimum Gasteiger partial charge on any atom is -0.369 e. The number of benzene rings is 2. The lowest BCUT2D eigenvalue weighted by Crippen LogP contribution is -2.48. The van der Waals surface area contributed by atoms with Gasteiger partial charge in [0.25, 0.3) is 0 Å². The normalized spacial score (nSPS) is 24.4. The quantitative estimate of drug-likeness (QED) is 0.643. The van der Waals surface area contributed by atoms with E-state index in [1.54, 1.807) is 24.3 Å². The van der Waals surface area contributed by atoms with E-state index < -0.39 is 11.8 Å². The number of carbonyl (C=O) groups is 2. The fourth-order valence-electron chi connectivity index (χ4n) is 5.01. The number of nitrogens with zero attached hydrogens (tertiary/aromatic N) is 1. The SMILES string of the molecule is NC(=O)C(C(=O)Nc1cccc(Cl)c1)[C@H]1C[C@H]2CC[C@@H](C1)N2Cc1ccc(Cl)cc1. The Bertz CT molecular complexity index is 920. The molecule has 30 heavy (non-hydrogen) atoms. The third kappa shape index (κ3) is 4.64. The molecule has 4 atom stereocenters. The lowest BCUT2D eigenvalue weighted by molar-refractivity contribution is -0.134. The minimum atomic E-state index is -0.843. The molecule has 2 aliphatic rings. The van der Waals surface area contributed by atoms with Gasteiger partial charge in [-0.15, -0.1) is 0 Å². The van der Waals surface area contributed by atoms with Gasteiger partial charge in [0.15, 0.2) is 0 Å². The molecule has 2 aliphatic heterocycles. The van der Waals surface area contributed by atoms with E-state index in [1.807, 2.05) is 12.1 Å². The molecule has 0 radical (unpaired) electrons. The zero-order chi connectivity index (χ0) is 21.3. The lowest BCUT2D eigenvalue weighted by Gasteiger charge is -2.40. The van der Waals surface area contributed by atoms with Crippen LogP contribution in [0.5, 0.6) is 0 Å². The van der Waals surface area contributed by atoms with Crippen molar-refractivity contribution in [1.29, 1.82) is 0 Å². The predicted molar refractivity (Wildman–Crippen MR) is 119 cm³/mol. The van der Waals surface area contributed by atoms with Crippen LogP contribution >= 0.6 is 23.2 Å². The highest BCUT2D eigenvalue weighted by Gasteiger charge is 2.46. The zero-order valence-corrected chi connectivity index (χ0v) is 18.1. The number of anilines is 1. The Hall–Kier alpha value is -2.08. The number of hydrogen-bond donors (Lipinski definition) is 2. The number of fused-ring (bicyclic) bond motifs is 2. The maximum Gasteiger partial charge on any atom is 0.237 e. The van der Waals surface area contributed by atoms with E-state index in [0.29, 0.717) is 22.8 Å². The maximum atomic E-state index is 12.9. The van der Waals surface area contributed by atoms with Gasteiger partial charge >= 0.3 is 0 Å². The molecule has 1 unspecified atom stereocenters. The second-order valence-electron chi connectivity index (χ2n) is 8.29. The highest BCUT2D eigenvalue weighted by atomic mass is 35.5. The standard InChI is InChI=1S/C23H25Cl2N3O2/c24-16-6-4-14(5-7-16)13-28-19-8-9-20(28)11-15(10-19)21(22(26)29)23(30)27-18-3-1-2-17(25)12-18/h1-7,12,15,19-21H,8-11,13H2,(H2,26,29)(H,27,30)/t15-,19+,20-,21?. The highest BCUT2D eigenvalue weighted by molar-refractivity contribution is 6.31. The number of piperidine rings is 1. The summed E-state index contributed by atoms with van der Waals surface area (Å²) in [4.78, 5) is 27.7. The van der Waals surface area contributed by atoms with Gasteiger partial charge in [0, 0.05) is 34.4 Å². The number of hydrogen-bond acceptors (Lipinski definition) is 3. The summed E-state index contributed by atoms with van der Waals surface area (Å²) in [5, 5.41) is 4.07. The van der Waals surface area contributed by atoms with Crippen molar-refractivity contribution >= 4 is 40.7 Å². The lowest BCUT2D eigenvalue weighted by atomic mass is 9.79. The van der Waals surface area contributed by atoms with Crippen molar-refractivity contribution in [3.05, 3.63) is 64.1 Å². The molecule has 5 nitrogen and oxygen atoms in total. The van der Waals surface area contributed by atoms with Crippen LogP contribution in [-0.4, -0.2) is 28.8 Å². The summed E-state index contributed by atoms with van der Waals surface area (Å²) in [5.41, 5.74) is 7.48. The van der Waals surface area contributed by atoms with Crippen LogP contribution in [0.4, 0.5) is 5.69 Å². The molecule has 2 bridgehead atoms. The third-order valence-corrected chi connectivity index (χ3v) is 6.84. The first-order chi connectivity index (χ1) is 14.4. The summed E-state index contributed by atoms with van der Waals surface area (Å²) in [7, 11) is 0. The Morgan fingerprint density at radius 3 is 2.30 bits per heavy atom. The first kappa shape index (κ1) is 21.2. The van der Waals surface area contributed by atoms with E-state index >= 15 is 0 Å². The molecule has 158 valence electrons. The molecule has 0 aromatic heterocycles. The Balaban J connectivity index is 1.45. The van der Waals surface area contributed by atoms with Crippen molar-refractivity contribution < 1.29 is 9.59 Å². The van der Waals surface area contributed by atoms with Gasteiger partial charge in [0.05, 0.1) is 0 Å². The topological polar surface area (TPSA) is 75.4 Å². The van der Waals surface area contributed by atoms with Gasteiger partial charge in [-0.1, -0.05) is 41.4 Å². The van der Waals surface area contributed by atoms with Crippen molar-refractivity contribution in [3.63, 3.8) is 0 Å². The number of halogens is 2. The third-order valence-electron chi connectivity index (χ3n) is 6.35. The van der Waals surface area contributed by atoms with Crippen LogP contribution in [-0.2, 0) is 16.1 Å². The van der Waals surface area contributed by atoms with Gasteiger partial charge in [-0.3, -0.25) is 14.5 Å². The van der Waals surface area contributed by atoms with Crippen LogP contribution in [0.15, 0.2) is 48.5 Å². The molecule has 0 saturated carbocycles. The van der Waals surface area contributed by atoms with Crippen LogP contribution in [0, 0.1) is 11.8 Å². The van der Waals surface area contributed by atoms with E-state index in [9.17, 15) is 9.59 Å². The highest BCUT2D eigenvalue weighted by Crippen LogP contribution is 2.42. The fraction of sp³-hybridized carbons (Fsp3) is 0.391. The van der Waals surface area contributed by atoms with Gasteiger partial charge in [-0.25, -0.2) is 0 Å². The summed E-state index contributed by atoms with van der Waals surface area (Å²) in [5.74, 6) is -1.81. The Morgan fingerprint density at radius 2 is 1.70 bits per heavy atom. The monoisotopic (exact) mass is 445 g/mol. The number of carbonyl (C=O) groups excluding carboxylic acids is 2. The fourth-order valence-corrected chi connectivity index (χ4v) is 5.33. The van der Waals surface area contributed by atoms with Crippen molar-refractivity contribution in [1.82, 2.24) is 4.90 Å². The largest absolute Gasteiger partial charge is 0.369 e. The smallest absolute Gasteiger partial charge is 0.237 e. The number of nitrogens with two attached hydrogens (primary N) is 1. The number of amides is 2. The molecule has 4 rings (SSSR count). The number of primary amides is 1. The molecule has 0 aliphatic carbocycles. The summed E-state index contributed by atoms with van der Waals surface area (Å²) >= 11 is 12.0. The van der Waals surface area contributed by atoms with Crippen LogP contribution in [0.2, 0.25) is 10.0 Å². The Morgan fingerprint density at radius 1 is 1.03 bits per heavy atom. The van der Waals surface area contributed by atoms with Gasteiger partial charge < -0.3 is 11.1 Å². The van der Waals surface area contributed by atoms with Gasteiger partial charge in [-0.05, 0) is 67.5 Å². The van der Waals surface area contributed by atoms with Crippen molar-refractivity contribution in [2.75, 3.05) is 5.32 Å². The molecule has 2 aromatic carbocycles. The second-order valence-corrected chi connectivity index (χ2v) is 9.17. The predicted octanol–water partition coefficient (Wildman–Crippen LogP) is 4.48. The van der Waals surface area contributed by atoms with E-state index in [1.165, 1.54) is 5.56 Å². The molecule has 2 saturated heterocycles. The van der Waals surface area contributed by atoms with Crippen LogP contribution in [0.1, 0.15) is 31.2 Å². The van der Waals surface area contributed by atoms with Crippen LogP contribution in [0.25, 0.3) is 0 Å². The minimum absolute atomic E-state index is 0.0550. The molecule has 2 aromatic rings. The van der Waals surface area contributed by atoms with Crippen LogP contribution in [0.3, 0.4) is 0 Å². The first-order valence-electron chi connectivity index (χ1n) is 10.3. The average Bonchev–Trinajstić information content (AvgIpc) is 2.91. The second kappa shape index (κ2) is 8.96. The summed E-state index contributed by atoms with van der Waals surface area (Å²) in [6.45, 7) is 0.856. The molecular formula is C23H25Cl2N3O2. The zero-order valence-electron chi connectivity index (χ0n) is 16.6. The maximum absolute atomic E-state index is 12.9. The number of rotatable bonds is 6. The summed E-state index contributed by atoms with van der Waals surface area (Å²) < 4.78 is 0. The molecule has 0 spiro atoms. The molecule has 7 heteroatoms. The van der Waals surface area contributed by atoms with E-state index in [4.69, 9.17) is 28.9 Å². The Labute approximate surface area is 186 Å². The van der Waals surface area contributed by atoms with E-state index in [2.05, 4.69) is 22.3 Å². The molecule has 2 fully saturated rings. The molecule has 3 N–H and O–H groups in total. The van der Waals surface area contributed by atoms with Crippen molar-refractivity contribution in [2.24, 2.45) is 17.6 Å². The van der Waals surface area contributed by atoms with E-state index in [-0.39, 0.29) is 11.8 Å². The van der Waals surface area contributed by atoms with Gasteiger partial charge in [0.2, 0.25) is 11.8 Å². The van der Waals surface area contributed by atoms with Gasteiger partial charge in [-0.2, -0.15) is 0 Å². The molecule has 2 heterocycles. The molecular weight excluding hydrogens is 421 g/mol. The van der Waals surface area contributed by atoms with Crippen LogP contribution < -0.4 is 11.1 Å². The summed E-state index contributed by atoms with van der Waals surface area (Å²) in [6.07, 6.45) is 3.74. The first-order valence-corrected chi connectivity index (χ1v) is 11.0. The number of nitrogens with one attached hydrogen (secondary N) is 1. The Kier molecular flexibility index (Phi) is 6.32. The molecule has 2 amide bonds. The average molecular weight is 446 g/mol. The summed E-state index contributed by atoms with van der Waals surface area (Å²) in [6, 6.07) is 15.5. The van der Waals surface area contributed by atoms with E-state index in [0.717, 1.165) is 37.3 Å². The van der Waals surface area contributed by atoms with Gasteiger partial charge in [0.1, 0.15) is 5.92 Å². The van der Waals surface area contributed by atoms with Crippen molar-refractivity contribution in [2.45, 2.75) is 44.3 Å². The van der Waals surface area contributed by atoms with Crippen molar-refractivity contribution in [3.8, 4) is 0 Å².